The first kappa shape index (κ1) is 30.2. The number of alkyl halides is 3. The Morgan fingerprint density at radius 1 is 0.750 bits per heavy atom. The van der Waals surface area contributed by atoms with Gasteiger partial charge in [-0.2, -0.15) is 33.4 Å². The molecule has 12 heteroatoms. The summed E-state index contributed by atoms with van der Waals surface area (Å²) in [4.78, 5) is 5.93. The monoisotopic (exact) mass is 618 g/mol. The molecule has 0 N–H and O–H groups in total. The summed E-state index contributed by atoms with van der Waals surface area (Å²) in [6, 6.07) is 8.06. The Bertz CT molecular complexity index is 2110. The number of rotatable bonds is 3. The summed E-state index contributed by atoms with van der Waals surface area (Å²) in [6.45, 7) is 16.5. The molecule has 2 aliphatic carbocycles. The van der Waals surface area contributed by atoms with Gasteiger partial charge in [0, 0.05) is 28.7 Å². The number of halogens is 7. The summed E-state index contributed by atoms with van der Waals surface area (Å²) in [6.07, 6.45) is -0.709. The molecule has 0 atom stereocenters. The van der Waals surface area contributed by atoms with Gasteiger partial charge in [-0.3, -0.25) is 0 Å². The van der Waals surface area contributed by atoms with Gasteiger partial charge in [0.2, 0.25) is 0 Å². The van der Waals surface area contributed by atoms with Crippen LogP contribution in [-0.2, 0) is 12.8 Å². The fourth-order valence-electron chi connectivity index (χ4n) is 5.77. The minimum absolute atomic E-state index is 0.0194. The third-order valence-corrected chi connectivity index (χ3v) is 8.16. The van der Waals surface area contributed by atoms with E-state index < -0.39 is 57.4 Å². The van der Waals surface area contributed by atoms with E-state index in [1.807, 2.05) is 0 Å². The molecule has 0 saturated carbocycles. The smallest absolute Gasteiger partial charge is 0.207 e. The first-order valence-electron chi connectivity index (χ1n) is 12.5. The van der Waals surface area contributed by atoms with E-state index in [1.165, 1.54) is 6.92 Å². The van der Waals surface area contributed by atoms with Crippen LogP contribution in [0.3, 0.4) is 0 Å². The Balaban J connectivity index is 2.17. The number of hydrogen-bond donors (Lipinski definition) is 0. The highest BCUT2D eigenvalue weighted by Gasteiger charge is 2.39. The van der Waals surface area contributed by atoms with Crippen LogP contribution in [0.5, 0.6) is 0 Å². The van der Waals surface area contributed by atoms with Gasteiger partial charge in [0.25, 0.3) is 0 Å². The molecule has 0 spiro atoms. The molecule has 216 valence electrons. The molecule has 0 fully saturated rings. The third-order valence-electron chi connectivity index (χ3n) is 7.27. The number of hydrogen-bond acceptors (Lipinski definition) is 3. The van der Waals surface area contributed by atoms with Crippen LogP contribution in [0.4, 0.5) is 30.7 Å². The van der Waals surface area contributed by atoms with Gasteiger partial charge in [0.1, 0.15) is 54.1 Å². The zero-order valence-electron chi connectivity index (χ0n) is 22.2. The lowest BCUT2D eigenvalue weighted by molar-refractivity contribution is -0.0318. The van der Waals surface area contributed by atoms with Crippen molar-refractivity contribution < 1.29 is 30.7 Å². The van der Waals surface area contributed by atoms with Gasteiger partial charge in [-0.15, -0.1) is 0 Å². The van der Waals surface area contributed by atoms with Crippen molar-refractivity contribution in [1.29, 1.82) is 10.5 Å². The number of thioether (sulfide) groups is 1. The maximum Gasteiger partial charge on any atom is 0.523 e. The highest BCUT2D eigenvalue weighted by Crippen LogP contribution is 2.47. The van der Waals surface area contributed by atoms with Crippen molar-refractivity contribution in [3.63, 3.8) is 0 Å². The Labute approximate surface area is 249 Å². The molecule has 0 aromatic heterocycles. The zero-order valence-corrected chi connectivity index (χ0v) is 23.0. The first-order valence-corrected chi connectivity index (χ1v) is 13.3. The average molecular weight is 619 g/mol. The fourth-order valence-corrected chi connectivity index (χ4v) is 6.63. The second kappa shape index (κ2) is 11.1. The predicted molar refractivity (Wildman–Crippen MR) is 148 cm³/mol. The van der Waals surface area contributed by atoms with Crippen molar-refractivity contribution >= 4 is 22.2 Å². The van der Waals surface area contributed by atoms with Crippen molar-refractivity contribution in [1.82, 2.24) is 0 Å². The van der Waals surface area contributed by atoms with Crippen LogP contribution in [-0.4, -0.2) is 5.51 Å². The Kier molecular flexibility index (Phi) is 7.60. The van der Waals surface area contributed by atoms with E-state index in [0.717, 1.165) is 24.3 Å². The molecule has 3 aromatic carbocycles. The van der Waals surface area contributed by atoms with Crippen LogP contribution in [0.2, 0.25) is 0 Å². The van der Waals surface area contributed by atoms with Crippen LogP contribution in [0.1, 0.15) is 18.1 Å². The van der Waals surface area contributed by atoms with E-state index in [9.17, 15) is 41.3 Å². The van der Waals surface area contributed by atoms with E-state index in [4.69, 9.17) is 13.1 Å². The lowest BCUT2D eigenvalue weighted by atomic mass is 9.87. The van der Waals surface area contributed by atoms with E-state index in [-0.39, 0.29) is 67.2 Å². The largest absolute Gasteiger partial charge is 0.523 e. The lowest BCUT2D eigenvalue weighted by Gasteiger charge is -2.17. The Hall–Kier alpha value is -5.30. The summed E-state index contributed by atoms with van der Waals surface area (Å²) >= 11 is -0.631. The third kappa shape index (κ3) is 5.11. The predicted octanol–water partition coefficient (Wildman–Crippen LogP) is 7.61. The maximum absolute atomic E-state index is 14.6. The Morgan fingerprint density at radius 2 is 1.18 bits per heavy atom. The molecule has 0 aliphatic heterocycles. The summed E-state index contributed by atoms with van der Waals surface area (Å²) in [7, 11) is 0. The van der Waals surface area contributed by atoms with Crippen LogP contribution in [0.15, 0.2) is 58.9 Å². The summed E-state index contributed by atoms with van der Waals surface area (Å²) < 4.78 is 101. The summed E-state index contributed by atoms with van der Waals surface area (Å²) in [5.74, 6) is -4.48. The van der Waals surface area contributed by atoms with Crippen molar-refractivity contribution in [2.45, 2.75) is 25.3 Å². The molecule has 0 radical (unpaired) electrons. The van der Waals surface area contributed by atoms with E-state index in [1.54, 1.807) is 12.1 Å². The summed E-state index contributed by atoms with van der Waals surface area (Å²) in [5.41, 5.74) is -5.61. The number of nitriles is 2. The van der Waals surface area contributed by atoms with Gasteiger partial charge >= 0.3 is 11.3 Å². The molecule has 0 heterocycles. The molecule has 3 aromatic rings. The van der Waals surface area contributed by atoms with Crippen molar-refractivity contribution in [2.24, 2.45) is 0 Å². The van der Waals surface area contributed by atoms with Crippen molar-refractivity contribution in [2.75, 3.05) is 0 Å². The molecule has 2 aliphatic rings. The quantitative estimate of drug-likeness (QED) is 0.173. The molecule has 4 nitrogen and oxygen atoms in total. The van der Waals surface area contributed by atoms with Gasteiger partial charge in [-0.25, -0.2) is 17.6 Å². The van der Waals surface area contributed by atoms with Gasteiger partial charge in [-0.05, 0) is 99.1 Å². The number of benzene rings is 3. The van der Waals surface area contributed by atoms with Gasteiger partial charge < -0.3 is 0 Å². The number of nitrogens with zero attached hydrogens (tertiary/aromatic N) is 4. The molecular weight excluding hydrogens is 605 g/mol. The van der Waals surface area contributed by atoms with Gasteiger partial charge in [-0.1, -0.05) is 0 Å². The minimum Gasteiger partial charge on any atom is -0.207 e. The van der Waals surface area contributed by atoms with Crippen LogP contribution in [0, 0.1) is 59.1 Å². The van der Waals surface area contributed by atoms with Gasteiger partial charge in [0.15, 0.2) is 0 Å². The average Bonchev–Trinajstić information content (AvgIpc) is 3.45. The molecule has 0 unspecified atom stereocenters. The van der Waals surface area contributed by atoms with E-state index >= 15 is 0 Å². The van der Waals surface area contributed by atoms with Gasteiger partial charge in [0.05, 0.1) is 5.57 Å². The fraction of sp³-hybridized carbons (Fsp3) is 0.125. The first-order chi connectivity index (χ1) is 20.8. The molecule has 44 heavy (non-hydrogen) atoms. The number of allylic oxidation sites excluding steroid dienone is 2. The van der Waals surface area contributed by atoms with Crippen LogP contribution >= 0.6 is 11.8 Å². The molecule has 0 bridgehead atoms. The second-order valence-electron chi connectivity index (χ2n) is 9.73. The SMILES string of the molecule is [C-]#[N+]C([N+]#[C-])=C1Cc2c(-c3cc(F)cc(F)c3)c3c(c(-c4cc(F)cc(F)c4)c2=C1C)CC(=C(C#N)C#N)C=3SC(F)(F)F. The topological polar surface area (TPSA) is 56.3 Å². The molecule has 5 rings (SSSR count). The lowest BCUT2D eigenvalue weighted by Crippen LogP contribution is -2.24. The normalized spacial score (nSPS) is 13.5. The minimum atomic E-state index is -4.96. The van der Waals surface area contributed by atoms with Crippen molar-refractivity contribution in [3.05, 3.63) is 127 Å². The highest BCUT2D eigenvalue weighted by molar-refractivity contribution is 8.09. The van der Waals surface area contributed by atoms with Crippen LogP contribution < -0.4 is 10.4 Å². The summed E-state index contributed by atoms with van der Waals surface area (Å²) in [5, 5.41) is 19.3. The molecule has 0 saturated heterocycles. The second-order valence-corrected chi connectivity index (χ2v) is 10.8. The van der Waals surface area contributed by atoms with Crippen LogP contribution in [0.25, 0.3) is 42.4 Å². The zero-order chi connectivity index (χ0) is 32.1. The Morgan fingerprint density at radius 3 is 1.61 bits per heavy atom. The van der Waals surface area contributed by atoms with E-state index in [2.05, 4.69) is 9.69 Å². The highest BCUT2D eigenvalue weighted by atomic mass is 32.2. The van der Waals surface area contributed by atoms with Crippen molar-refractivity contribution in [3.8, 4) is 34.4 Å². The number of fused-ring (bicyclic) bond motifs is 2. The van der Waals surface area contributed by atoms with E-state index in [0.29, 0.717) is 17.7 Å². The molecule has 0 amide bonds. The molecular formula is C32H13F7N4S. The standard InChI is InChI=1S/C32H13F7N4S/c1-14-22(31(42-2)43-3)10-24-26(14)27(15-4-18(33)8-19(34)5-15)25-11-23(17(12-40)13-41)30(44-32(37,38)39)29(25)28(24)16-6-20(35)9-21(36)7-16/h4-9H,10-11H2,1H3. The maximum atomic E-state index is 14.6.